The van der Waals surface area contributed by atoms with Crippen LogP contribution in [0.5, 0.6) is 0 Å². The Hall–Kier alpha value is -0.590. The van der Waals surface area contributed by atoms with Gasteiger partial charge in [-0.2, -0.15) is 0 Å². The molecule has 0 saturated carbocycles. The highest BCUT2D eigenvalue weighted by molar-refractivity contribution is 8.14. The van der Waals surface area contributed by atoms with Crippen LogP contribution in [0.25, 0.3) is 0 Å². The molecule has 3 unspecified atom stereocenters. The van der Waals surface area contributed by atoms with Crippen LogP contribution in [0.2, 0.25) is 0 Å². The van der Waals surface area contributed by atoms with Crippen molar-refractivity contribution in [3.05, 3.63) is 34.9 Å². The maximum Gasteiger partial charge on any atom is 0.242 e. The maximum atomic E-state index is 2.74. The van der Waals surface area contributed by atoms with Gasteiger partial charge in [-0.15, -0.1) is 11.8 Å². The Balaban J connectivity index is 1.85. The first-order valence-corrected chi connectivity index (χ1v) is 21.5. The number of rotatable bonds is 22. The molecule has 0 radical (unpaired) electrons. The molecule has 3 heterocycles. The fourth-order valence-corrected chi connectivity index (χ4v) is 10.2. The number of hydrogen-bond acceptors (Lipinski definition) is 4. The molecule has 44 heavy (non-hydrogen) atoms. The van der Waals surface area contributed by atoms with Crippen LogP contribution in [0.15, 0.2) is 34.9 Å². The number of hydrogen-bond donors (Lipinski definition) is 0. The standard InChI is InChI=1S/C38H67N3S3/c1-7-10-13-16-19-25-39-32(4)29-42-36(39)24-22-23-35(38-41(34(6)31-44-38)27-21-18-15-12-9-3)28-37-40(33(5)30-43-37)26-20-17-14-11-8-2/h22-24,28,32-34H,7-21,25-27,29-31H2,1-6H3/q+2. The third-order valence-corrected chi connectivity index (χ3v) is 13.4. The Labute approximate surface area is 285 Å². The summed E-state index contributed by atoms with van der Waals surface area (Å²) in [6.45, 7) is 17.8. The largest absolute Gasteiger partial charge is 0.363 e. The summed E-state index contributed by atoms with van der Waals surface area (Å²) >= 11 is 6.23. The molecule has 0 aromatic rings. The summed E-state index contributed by atoms with van der Waals surface area (Å²) in [5.41, 5.74) is 1.43. The lowest BCUT2D eigenvalue weighted by Gasteiger charge is -2.24. The van der Waals surface area contributed by atoms with Gasteiger partial charge < -0.3 is 4.90 Å². The second-order valence-electron chi connectivity index (χ2n) is 13.4. The van der Waals surface area contributed by atoms with Gasteiger partial charge in [-0.3, -0.25) is 0 Å². The number of unbranched alkanes of at least 4 members (excludes halogenated alkanes) is 12. The summed E-state index contributed by atoms with van der Waals surface area (Å²) in [7, 11) is 0. The van der Waals surface area contributed by atoms with E-state index in [1.165, 1.54) is 154 Å². The van der Waals surface area contributed by atoms with E-state index in [0.717, 1.165) is 0 Å². The second kappa shape index (κ2) is 22.1. The first-order chi connectivity index (χ1) is 21.5. The molecule has 3 nitrogen and oxygen atoms in total. The lowest BCUT2D eigenvalue weighted by Crippen LogP contribution is -2.28. The van der Waals surface area contributed by atoms with Crippen LogP contribution < -0.4 is 0 Å². The SMILES string of the molecule is CCCCCCCN1C(=CC(=CC=CC2=[N+](CCCCCCC)C(C)CS2)C2=[N+](CCCCCCC)C(C)CS2)SCC1C. The number of nitrogens with zero attached hydrogens (tertiary/aromatic N) is 3. The van der Waals surface area contributed by atoms with Crippen LogP contribution >= 0.6 is 35.3 Å². The van der Waals surface area contributed by atoms with E-state index in [-0.39, 0.29) is 0 Å². The van der Waals surface area contributed by atoms with Gasteiger partial charge in [0.05, 0.1) is 22.1 Å². The van der Waals surface area contributed by atoms with Gasteiger partial charge in [-0.25, -0.2) is 9.15 Å². The van der Waals surface area contributed by atoms with Gasteiger partial charge in [0.1, 0.15) is 13.1 Å². The lowest BCUT2D eigenvalue weighted by atomic mass is 10.1. The summed E-state index contributed by atoms with van der Waals surface area (Å²) in [5, 5.41) is 4.48. The summed E-state index contributed by atoms with van der Waals surface area (Å²) in [4.78, 5) is 2.72. The van der Waals surface area contributed by atoms with E-state index in [2.05, 4.69) is 115 Å². The highest BCUT2D eigenvalue weighted by atomic mass is 32.2. The van der Waals surface area contributed by atoms with Crippen LogP contribution in [-0.2, 0) is 0 Å². The molecule has 1 fully saturated rings. The lowest BCUT2D eigenvalue weighted by molar-refractivity contribution is -0.552. The normalized spacial score (nSPS) is 24.0. The van der Waals surface area contributed by atoms with E-state index >= 15 is 0 Å². The minimum atomic E-state index is 0.612. The highest BCUT2D eigenvalue weighted by Crippen LogP contribution is 2.35. The van der Waals surface area contributed by atoms with Gasteiger partial charge in [-0.05, 0) is 52.2 Å². The van der Waals surface area contributed by atoms with E-state index in [0.29, 0.717) is 18.1 Å². The van der Waals surface area contributed by atoms with Crippen molar-refractivity contribution in [1.29, 1.82) is 0 Å². The first kappa shape index (κ1) is 37.9. The van der Waals surface area contributed by atoms with Crippen LogP contribution in [-0.4, -0.2) is 79.2 Å². The van der Waals surface area contributed by atoms with Gasteiger partial charge in [0.25, 0.3) is 0 Å². The quantitative estimate of drug-likeness (QED) is 0.0648. The molecular formula is C38H67N3S3+2. The first-order valence-electron chi connectivity index (χ1n) is 18.5. The maximum absolute atomic E-state index is 2.74. The molecular weight excluding hydrogens is 595 g/mol. The Morgan fingerprint density at radius 3 is 1.91 bits per heavy atom. The van der Waals surface area contributed by atoms with Crippen molar-refractivity contribution in [3.8, 4) is 0 Å². The van der Waals surface area contributed by atoms with Gasteiger partial charge in [0.15, 0.2) is 12.1 Å². The molecule has 3 atom stereocenters. The predicted octanol–water partition coefficient (Wildman–Crippen LogP) is 10.8. The van der Waals surface area contributed by atoms with Crippen LogP contribution in [0, 0.1) is 0 Å². The molecule has 250 valence electrons. The molecule has 1 saturated heterocycles. The average Bonchev–Trinajstić information content (AvgIpc) is 3.68. The van der Waals surface area contributed by atoms with Crippen LogP contribution in [0.3, 0.4) is 0 Å². The number of allylic oxidation sites excluding steroid dienone is 3. The Morgan fingerprint density at radius 2 is 1.25 bits per heavy atom. The molecule has 3 aliphatic heterocycles. The van der Waals surface area contributed by atoms with Crippen molar-refractivity contribution in [3.63, 3.8) is 0 Å². The fraction of sp³-hybridized carbons (Fsp3) is 0.789. The zero-order chi connectivity index (χ0) is 31.6. The minimum absolute atomic E-state index is 0.612. The highest BCUT2D eigenvalue weighted by Gasteiger charge is 2.33. The summed E-state index contributed by atoms with van der Waals surface area (Å²) in [5.74, 6) is 3.63. The van der Waals surface area contributed by atoms with Crippen molar-refractivity contribution in [2.75, 3.05) is 36.9 Å². The molecule has 0 N–H and O–H groups in total. The zero-order valence-electron chi connectivity index (χ0n) is 29.5. The molecule has 0 spiro atoms. The molecule has 3 rings (SSSR count). The smallest absolute Gasteiger partial charge is 0.242 e. The topological polar surface area (TPSA) is 9.26 Å². The Bertz CT molecular complexity index is 995. The fourth-order valence-electron chi connectivity index (χ4n) is 6.47. The number of thioether (sulfide) groups is 3. The molecule has 3 aliphatic rings. The molecule has 0 amide bonds. The van der Waals surface area contributed by atoms with E-state index in [4.69, 9.17) is 0 Å². The third kappa shape index (κ3) is 12.5. The minimum Gasteiger partial charge on any atom is -0.363 e. The average molecular weight is 662 g/mol. The van der Waals surface area contributed by atoms with Gasteiger partial charge in [0, 0.05) is 37.3 Å². The summed E-state index contributed by atoms with van der Waals surface area (Å²) in [6.07, 6.45) is 30.1. The van der Waals surface area contributed by atoms with Crippen molar-refractivity contribution in [2.24, 2.45) is 0 Å². The van der Waals surface area contributed by atoms with E-state index in [1.807, 2.05) is 0 Å². The van der Waals surface area contributed by atoms with E-state index in [1.54, 1.807) is 0 Å². The van der Waals surface area contributed by atoms with Crippen LogP contribution in [0.1, 0.15) is 138 Å². The van der Waals surface area contributed by atoms with Gasteiger partial charge in [-0.1, -0.05) is 115 Å². The van der Waals surface area contributed by atoms with Crippen molar-refractivity contribution in [1.82, 2.24) is 4.90 Å². The van der Waals surface area contributed by atoms with E-state index < -0.39 is 0 Å². The summed E-state index contributed by atoms with van der Waals surface area (Å²) < 4.78 is 5.42. The Morgan fingerprint density at radius 1 is 0.682 bits per heavy atom. The van der Waals surface area contributed by atoms with Gasteiger partial charge >= 0.3 is 0 Å². The molecule has 0 aliphatic carbocycles. The Kier molecular flexibility index (Phi) is 19.0. The predicted molar refractivity (Wildman–Crippen MR) is 204 cm³/mol. The zero-order valence-corrected chi connectivity index (χ0v) is 31.9. The van der Waals surface area contributed by atoms with E-state index in [9.17, 15) is 0 Å². The molecule has 0 aromatic heterocycles. The molecule has 0 aromatic carbocycles. The van der Waals surface area contributed by atoms with Gasteiger partial charge in [0.2, 0.25) is 10.1 Å². The monoisotopic (exact) mass is 661 g/mol. The van der Waals surface area contributed by atoms with Crippen molar-refractivity contribution < 1.29 is 9.15 Å². The van der Waals surface area contributed by atoms with Crippen LogP contribution in [0.4, 0.5) is 0 Å². The second-order valence-corrected chi connectivity index (χ2v) is 16.5. The third-order valence-electron chi connectivity index (χ3n) is 9.38. The summed E-state index contributed by atoms with van der Waals surface area (Å²) in [6, 6.07) is 1.88. The molecule has 6 heteroatoms. The van der Waals surface area contributed by atoms with Crippen molar-refractivity contribution >= 4 is 45.4 Å². The molecule has 0 bridgehead atoms. The van der Waals surface area contributed by atoms with Crippen molar-refractivity contribution in [2.45, 2.75) is 156 Å².